The number of halogens is 2. The van der Waals surface area contributed by atoms with Crippen LogP contribution in [0.1, 0.15) is 61.8 Å². The summed E-state index contributed by atoms with van der Waals surface area (Å²) in [7, 11) is 0. The van der Waals surface area contributed by atoms with Gasteiger partial charge in [-0.05, 0) is 47.2 Å². The first kappa shape index (κ1) is 43.6. The number of nitrogens with zero attached hydrogens (tertiary/aromatic N) is 2. The Bertz CT molecular complexity index is 1780. The zero-order chi connectivity index (χ0) is 38.8. The smallest absolute Gasteiger partial charge is 0.312 e. The Morgan fingerprint density at radius 2 is 1.19 bits per heavy atom. The van der Waals surface area contributed by atoms with Crippen molar-refractivity contribution < 1.29 is 14.6 Å². The minimum Gasteiger partial charge on any atom is -0.482 e. The van der Waals surface area contributed by atoms with Gasteiger partial charge in [0.2, 0.25) is 5.75 Å². The second kappa shape index (κ2) is 22.4. The Morgan fingerprint density at radius 1 is 0.750 bits per heavy atom. The normalized spacial score (nSPS) is 11.6. The summed E-state index contributed by atoms with van der Waals surface area (Å²) in [5, 5.41) is 26.2. The summed E-state index contributed by atoms with van der Waals surface area (Å²) in [6.07, 6.45) is 5.13. The van der Waals surface area contributed by atoms with Crippen LogP contribution in [0.3, 0.4) is 0 Å². The SMILES string of the molecule is C=CC(c1ccccc1)c1cc(Br)cc([N+](=O)[O-])c1NCC(C)C.C=CCOc1c(C(C=C)c2ccccc2)cc(Br)cc1[N+](=O)[O-].CC(C)CN. The molecule has 52 heavy (non-hydrogen) atoms. The molecule has 11 heteroatoms. The van der Waals surface area contributed by atoms with Gasteiger partial charge < -0.3 is 15.8 Å². The van der Waals surface area contributed by atoms with E-state index in [4.69, 9.17) is 10.5 Å². The molecule has 0 bridgehead atoms. The number of benzene rings is 4. The maximum absolute atomic E-state index is 11.5. The van der Waals surface area contributed by atoms with Gasteiger partial charge in [-0.3, -0.25) is 20.2 Å². The molecule has 3 N–H and O–H groups in total. The Morgan fingerprint density at radius 3 is 1.60 bits per heavy atom. The van der Waals surface area contributed by atoms with E-state index in [0.717, 1.165) is 23.2 Å². The summed E-state index contributed by atoms with van der Waals surface area (Å²) >= 11 is 6.74. The van der Waals surface area contributed by atoms with E-state index in [9.17, 15) is 20.2 Å². The van der Waals surface area contributed by atoms with Crippen LogP contribution in [0.5, 0.6) is 5.75 Å². The van der Waals surface area contributed by atoms with Crippen molar-refractivity contribution in [2.75, 3.05) is 25.0 Å². The van der Waals surface area contributed by atoms with Crippen molar-refractivity contribution >= 4 is 48.9 Å². The van der Waals surface area contributed by atoms with Gasteiger partial charge in [0.05, 0.1) is 9.85 Å². The van der Waals surface area contributed by atoms with E-state index in [2.05, 4.69) is 84.6 Å². The quantitative estimate of drug-likeness (QED) is 0.0692. The molecule has 0 fully saturated rings. The molecule has 4 aromatic carbocycles. The van der Waals surface area contributed by atoms with E-state index in [1.54, 1.807) is 12.2 Å². The fourth-order valence-corrected chi connectivity index (χ4v) is 5.90. The van der Waals surface area contributed by atoms with E-state index in [1.165, 1.54) is 12.1 Å². The van der Waals surface area contributed by atoms with Gasteiger partial charge in [-0.2, -0.15) is 0 Å². The Hall–Kier alpha value is -4.58. The third kappa shape index (κ3) is 13.2. The van der Waals surface area contributed by atoms with Crippen molar-refractivity contribution in [2.24, 2.45) is 17.6 Å². The van der Waals surface area contributed by atoms with E-state index in [0.29, 0.717) is 38.6 Å². The van der Waals surface area contributed by atoms with Gasteiger partial charge in [0.15, 0.2) is 0 Å². The first-order valence-corrected chi connectivity index (χ1v) is 18.4. The molecule has 0 radical (unpaired) electrons. The summed E-state index contributed by atoms with van der Waals surface area (Å²) < 4.78 is 6.91. The number of hydrogen-bond acceptors (Lipinski definition) is 7. The monoisotopic (exact) mass is 834 g/mol. The molecular weight excluding hydrogens is 788 g/mol. The maximum Gasteiger partial charge on any atom is 0.312 e. The Labute approximate surface area is 324 Å². The molecule has 276 valence electrons. The van der Waals surface area contributed by atoms with Gasteiger partial charge in [-0.15, -0.1) is 13.2 Å². The lowest BCUT2D eigenvalue weighted by Crippen LogP contribution is -2.13. The van der Waals surface area contributed by atoms with Crippen LogP contribution in [-0.4, -0.2) is 29.5 Å². The molecule has 0 aliphatic heterocycles. The highest BCUT2D eigenvalue weighted by atomic mass is 79.9. The molecule has 0 aromatic heterocycles. The molecule has 2 unspecified atom stereocenters. The van der Waals surface area contributed by atoms with E-state index < -0.39 is 4.92 Å². The van der Waals surface area contributed by atoms with Crippen molar-refractivity contribution in [3.05, 3.63) is 174 Å². The van der Waals surface area contributed by atoms with Gasteiger partial charge in [0.25, 0.3) is 5.69 Å². The first-order valence-electron chi connectivity index (χ1n) is 16.8. The molecule has 4 aromatic rings. The first-order chi connectivity index (χ1) is 24.8. The third-order valence-electron chi connectivity index (χ3n) is 7.53. The highest BCUT2D eigenvalue weighted by Gasteiger charge is 2.26. The van der Waals surface area contributed by atoms with Crippen LogP contribution in [-0.2, 0) is 0 Å². The number of allylic oxidation sites excluding steroid dienone is 2. The Kier molecular flexibility index (Phi) is 18.8. The fourth-order valence-electron chi connectivity index (χ4n) is 4.97. The van der Waals surface area contributed by atoms with Crippen LogP contribution < -0.4 is 15.8 Å². The highest BCUT2D eigenvalue weighted by molar-refractivity contribution is 9.10. The summed E-state index contributed by atoms with van der Waals surface area (Å²) in [5.41, 5.74) is 9.29. The van der Waals surface area contributed by atoms with E-state index in [-0.39, 0.29) is 40.5 Å². The largest absolute Gasteiger partial charge is 0.482 e. The van der Waals surface area contributed by atoms with Crippen molar-refractivity contribution in [3.63, 3.8) is 0 Å². The lowest BCUT2D eigenvalue weighted by Gasteiger charge is -2.20. The minimum atomic E-state index is -0.447. The van der Waals surface area contributed by atoms with Gasteiger partial charge in [0, 0.05) is 45.0 Å². The van der Waals surface area contributed by atoms with Crippen LogP contribution in [0, 0.1) is 32.1 Å². The Balaban J connectivity index is 0.000000319. The summed E-state index contributed by atoms with van der Waals surface area (Å²) in [6.45, 7) is 21.4. The fraction of sp³-hybridized carbons (Fsp3) is 0.268. The lowest BCUT2D eigenvalue weighted by atomic mass is 9.89. The van der Waals surface area contributed by atoms with Gasteiger partial charge in [-0.25, -0.2) is 0 Å². The predicted octanol–water partition coefficient (Wildman–Crippen LogP) is 11.6. The van der Waals surface area contributed by atoms with Crippen LogP contribution >= 0.6 is 31.9 Å². The standard InChI is InChI=1S/C19H21BrN2O2.C18H16BrNO3.C4H11N/c1-4-16(14-8-6-5-7-9-14)17-10-15(20)11-18(22(23)24)19(17)21-12-13(2)3;1-3-10-23-18-16(11-14(19)12-17(18)20(21)22)15(4-2)13-8-6-5-7-9-13;1-4(2)3-5/h4-11,13,16,21H,1,12H2,2-3H3;3-9,11-12,15H,1-2,10H2;4H,3,5H2,1-2H3. The molecule has 0 saturated carbocycles. The number of nitrogens with two attached hydrogens (primary N) is 1. The number of nitro benzene ring substituents is 2. The summed E-state index contributed by atoms with van der Waals surface area (Å²) in [5.74, 6) is 0.936. The van der Waals surface area contributed by atoms with Gasteiger partial charge in [-0.1, -0.05) is 145 Å². The van der Waals surface area contributed by atoms with Gasteiger partial charge >= 0.3 is 5.69 Å². The summed E-state index contributed by atoms with van der Waals surface area (Å²) in [6, 6.07) is 26.3. The molecular formula is C41H48Br2N4O5. The topological polar surface area (TPSA) is 134 Å². The molecule has 0 saturated heterocycles. The van der Waals surface area contributed by atoms with Crippen LogP contribution in [0.2, 0.25) is 0 Å². The number of anilines is 1. The van der Waals surface area contributed by atoms with Crippen LogP contribution in [0.4, 0.5) is 17.1 Å². The predicted molar refractivity (Wildman–Crippen MR) is 221 cm³/mol. The zero-order valence-corrected chi connectivity index (χ0v) is 33.3. The van der Waals surface area contributed by atoms with Crippen LogP contribution in [0.15, 0.2) is 132 Å². The molecule has 9 nitrogen and oxygen atoms in total. The van der Waals surface area contributed by atoms with Crippen molar-refractivity contribution in [2.45, 2.75) is 39.5 Å². The number of ether oxygens (including phenoxy) is 1. The molecule has 0 aliphatic carbocycles. The molecule has 0 heterocycles. The minimum absolute atomic E-state index is 0.0720. The summed E-state index contributed by atoms with van der Waals surface area (Å²) in [4.78, 5) is 22.1. The molecule has 0 spiro atoms. The second-order valence-electron chi connectivity index (χ2n) is 12.5. The number of rotatable bonds is 15. The third-order valence-corrected chi connectivity index (χ3v) is 8.45. The molecule has 0 aliphatic rings. The zero-order valence-electron chi connectivity index (χ0n) is 30.1. The average molecular weight is 837 g/mol. The number of hydrogen-bond donors (Lipinski definition) is 2. The van der Waals surface area contributed by atoms with Crippen molar-refractivity contribution in [3.8, 4) is 5.75 Å². The molecule has 0 amide bonds. The van der Waals surface area contributed by atoms with E-state index >= 15 is 0 Å². The molecule has 2 atom stereocenters. The van der Waals surface area contributed by atoms with Crippen LogP contribution in [0.25, 0.3) is 0 Å². The number of nitro groups is 2. The van der Waals surface area contributed by atoms with E-state index in [1.807, 2.05) is 78.9 Å². The lowest BCUT2D eigenvalue weighted by molar-refractivity contribution is -0.386. The maximum atomic E-state index is 11.5. The second-order valence-corrected chi connectivity index (χ2v) is 14.3. The molecule has 4 rings (SSSR count). The average Bonchev–Trinajstić information content (AvgIpc) is 3.12. The van der Waals surface area contributed by atoms with Crippen molar-refractivity contribution in [1.29, 1.82) is 0 Å². The number of nitrogens with one attached hydrogen (secondary N) is 1. The van der Waals surface area contributed by atoms with Crippen molar-refractivity contribution in [1.82, 2.24) is 0 Å². The highest BCUT2D eigenvalue weighted by Crippen LogP contribution is 2.42. The van der Waals surface area contributed by atoms with Gasteiger partial charge in [0.1, 0.15) is 12.3 Å².